The van der Waals surface area contributed by atoms with E-state index in [4.69, 9.17) is 27.5 Å². The number of rotatable bonds is 10. The Kier molecular flexibility index (Phi) is 14.1. The van der Waals surface area contributed by atoms with Crippen LogP contribution in [0, 0.1) is 0 Å². The van der Waals surface area contributed by atoms with Crippen molar-refractivity contribution in [2.24, 2.45) is 5.73 Å². The molecule has 4 amide bonds. The van der Waals surface area contributed by atoms with Crippen molar-refractivity contribution < 1.29 is 29.4 Å². The van der Waals surface area contributed by atoms with Gasteiger partial charge in [0.1, 0.15) is 0 Å². The lowest BCUT2D eigenvalue weighted by Gasteiger charge is -2.27. The molecular weight excluding hydrogens is 632 g/mol. The minimum absolute atomic E-state index is 0. The van der Waals surface area contributed by atoms with Gasteiger partial charge >= 0.3 is 0 Å². The first-order chi connectivity index (χ1) is 22.7. The maximum absolute atomic E-state index is 12.7. The van der Waals surface area contributed by atoms with Gasteiger partial charge in [-0.05, 0) is 49.2 Å². The van der Waals surface area contributed by atoms with Gasteiger partial charge in [-0.1, -0.05) is 70.0 Å². The Morgan fingerprint density at radius 1 is 0.667 bits per heavy atom. The van der Waals surface area contributed by atoms with Gasteiger partial charge < -0.3 is 21.3 Å². The van der Waals surface area contributed by atoms with Crippen LogP contribution in [-0.2, 0) is 0 Å². The number of nitrogens with zero attached hydrogens (tertiary/aromatic N) is 2. The summed E-state index contributed by atoms with van der Waals surface area (Å²) in [6, 6.07) is 17.9. The van der Waals surface area contributed by atoms with Crippen LogP contribution in [0.3, 0.4) is 0 Å². The molecule has 4 aromatic carbocycles. The van der Waals surface area contributed by atoms with Crippen LogP contribution in [0.2, 0.25) is 5.02 Å². The third kappa shape index (κ3) is 7.68. The fourth-order valence-corrected chi connectivity index (χ4v) is 5.86. The van der Waals surface area contributed by atoms with Gasteiger partial charge in [0.15, 0.2) is 0 Å². The van der Waals surface area contributed by atoms with E-state index in [1.54, 1.807) is 36.4 Å². The predicted octanol–water partition coefficient (Wildman–Crippen LogP) is 6.10. The first-order valence-electron chi connectivity index (χ1n) is 15.9. The number of nitrogens with two attached hydrogens (primary N) is 1. The number of unbranched alkanes of at least 4 members (excludes halogenated alkanes) is 2. The number of halogens is 1. The van der Waals surface area contributed by atoms with E-state index in [1.165, 1.54) is 9.80 Å². The summed E-state index contributed by atoms with van der Waals surface area (Å²) in [5.41, 5.74) is 7.87. The molecular formula is C37H45ClN4O6. The maximum Gasteiger partial charge on any atom is 0.261 e. The summed E-state index contributed by atoms with van der Waals surface area (Å²) in [5.74, 6) is -0.880. The second kappa shape index (κ2) is 17.7. The van der Waals surface area contributed by atoms with E-state index in [-0.39, 0.29) is 44.3 Å². The third-order valence-corrected chi connectivity index (χ3v) is 8.29. The van der Waals surface area contributed by atoms with E-state index in [9.17, 15) is 19.2 Å². The molecule has 0 bridgehead atoms. The van der Waals surface area contributed by atoms with Crippen molar-refractivity contribution in [3.63, 3.8) is 0 Å². The van der Waals surface area contributed by atoms with Crippen LogP contribution >= 0.6 is 11.6 Å². The molecule has 0 saturated carbocycles. The fraction of sp³-hybridized carbons (Fsp3) is 0.351. The van der Waals surface area contributed by atoms with E-state index < -0.39 is 0 Å². The van der Waals surface area contributed by atoms with Crippen LogP contribution in [0.4, 0.5) is 5.69 Å². The SMILES string of the molecule is C.CCCCN1C(=O)c2cccc3c(Cl)ccc(c23)C1=O.CCCCN1C(=O)c2cccc3c(NCCO)ccc(c23)C1=O.NCCO. The Morgan fingerprint density at radius 2 is 1.10 bits per heavy atom. The van der Waals surface area contributed by atoms with E-state index in [1.807, 2.05) is 38.1 Å². The molecule has 0 spiro atoms. The highest BCUT2D eigenvalue weighted by Crippen LogP contribution is 2.35. The lowest BCUT2D eigenvalue weighted by Crippen LogP contribution is -2.40. The van der Waals surface area contributed by atoms with E-state index in [2.05, 4.69) is 5.32 Å². The lowest BCUT2D eigenvalue weighted by molar-refractivity contribution is 0.0593. The quantitative estimate of drug-likeness (QED) is 0.147. The Hall–Kier alpha value is -4.35. The van der Waals surface area contributed by atoms with Crippen molar-refractivity contribution in [1.29, 1.82) is 0 Å². The zero-order chi connectivity index (χ0) is 34.1. The van der Waals surface area contributed by atoms with Crippen molar-refractivity contribution in [2.45, 2.75) is 47.0 Å². The summed E-state index contributed by atoms with van der Waals surface area (Å²) in [6.07, 6.45) is 3.49. The van der Waals surface area contributed by atoms with Crippen molar-refractivity contribution in [3.8, 4) is 0 Å². The number of carbonyl (C=O) groups is 4. The molecule has 0 saturated heterocycles. The number of amides is 4. The van der Waals surface area contributed by atoms with Crippen molar-refractivity contribution in [1.82, 2.24) is 9.80 Å². The first-order valence-corrected chi connectivity index (χ1v) is 16.3. The topological polar surface area (TPSA) is 153 Å². The number of hydrogen-bond donors (Lipinski definition) is 4. The van der Waals surface area contributed by atoms with Crippen molar-refractivity contribution in [3.05, 3.63) is 87.9 Å². The standard InChI is InChI=1S/C18H20N2O3.C16H14ClNO2.C2H7NO.CH4/c1-2-3-10-20-17(22)13-6-4-5-12-15(19-9-11-21)8-7-14(16(12)13)18(20)23;1-2-3-9-18-15(19)11-6-4-5-10-13(17)8-7-12(14(10)11)16(18)20;3-1-2-4;/h4-8,19,21H,2-3,9-11H2,1H3;4-8H,2-3,9H2,1H3;4H,1-3H2;1H4. The van der Waals surface area contributed by atoms with E-state index >= 15 is 0 Å². The summed E-state index contributed by atoms with van der Waals surface area (Å²) in [4.78, 5) is 53.1. The van der Waals surface area contributed by atoms with E-state index in [0.717, 1.165) is 42.1 Å². The molecule has 0 aliphatic carbocycles. The van der Waals surface area contributed by atoms with Crippen LogP contribution in [0.5, 0.6) is 0 Å². The molecule has 5 N–H and O–H groups in total. The second-order valence-corrected chi connectivity index (χ2v) is 11.5. The van der Waals surface area contributed by atoms with Crippen molar-refractivity contribution >= 4 is 62.5 Å². The van der Waals surface area contributed by atoms with Crippen LogP contribution in [0.1, 0.15) is 88.4 Å². The number of imide groups is 2. The fourth-order valence-electron chi connectivity index (χ4n) is 5.64. The summed E-state index contributed by atoms with van der Waals surface area (Å²) >= 11 is 6.16. The summed E-state index contributed by atoms with van der Waals surface area (Å²) in [7, 11) is 0. The molecule has 6 rings (SSSR count). The highest BCUT2D eigenvalue weighted by Gasteiger charge is 2.34. The minimum Gasteiger partial charge on any atom is -0.395 e. The third-order valence-electron chi connectivity index (χ3n) is 7.96. The normalized spacial score (nSPS) is 13.1. The Morgan fingerprint density at radius 3 is 1.56 bits per heavy atom. The molecule has 0 radical (unpaired) electrons. The van der Waals surface area contributed by atoms with Gasteiger partial charge in [0.2, 0.25) is 0 Å². The largest absolute Gasteiger partial charge is 0.395 e. The first kappa shape index (κ1) is 38.1. The summed E-state index contributed by atoms with van der Waals surface area (Å²) in [6.45, 7) is 5.90. The van der Waals surface area contributed by atoms with Gasteiger partial charge in [-0.15, -0.1) is 0 Å². The van der Waals surface area contributed by atoms with E-state index in [0.29, 0.717) is 64.2 Å². The number of benzene rings is 4. The zero-order valence-corrected chi connectivity index (χ0v) is 27.5. The van der Waals surface area contributed by atoms with Crippen molar-refractivity contribution in [2.75, 3.05) is 44.7 Å². The van der Waals surface area contributed by atoms with Gasteiger partial charge in [-0.2, -0.15) is 0 Å². The zero-order valence-electron chi connectivity index (χ0n) is 26.7. The van der Waals surface area contributed by atoms with Gasteiger partial charge in [-0.3, -0.25) is 29.0 Å². The van der Waals surface area contributed by atoms with Crippen LogP contribution in [0.15, 0.2) is 60.7 Å². The minimum atomic E-state index is -0.221. The lowest BCUT2D eigenvalue weighted by atomic mass is 9.93. The number of nitrogens with one attached hydrogen (secondary N) is 1. The molecule has 0 aromatic heterocycles. The molecule has 0 atom stereocenters. The molecule has 2 aliphatic rings. The average Bonchev–Trinajstić information content (AvgIpc) is 3.09. The molecule has 4 aromatic rings. The highest BCUT2D eigenvalue weighted by atomic mass is 35.5. The molecule has 2 heterocycles. The molecule has 2 aliphatic heterocycles. The summed E-state index contributed by atoms with van der Waals surface area (Å²) < 4.78 is 0. The molecule has 256 valence electrons. The maximum atomic E-state index is 12.7. The monoisotopic (exact) mass is 676 g/mol. The smallest absolute Gasteiger partial charge is 0.261 e. The average molecular weight is 677 g/mol. The summed E-state index contributed by atoms with van der Waals surface area (Å²) in [5, 5.41) is 23.4. The predicted molar refractivity (Wildman–Crippen MR) is 192 cm³/mol. The number of anilines is 1. The molecule has 11 heteroatoms. The molecule has 10 nitrogen and oxygen atoms in total. The van der Waals surface area contributed by atoms with Gasteiger partial charge in [0.25, 0.3) is 23.6 Å². The Labute approximate surface area is 286 Å². The number of hydrogen-bond acceptors (Lipinski definition) is 8. The number of aliphatic hydroxyl groups is 2. The number of carbonyl (C=O) groups excluding carboxylic acids is 4. The molecule has 48 heavy (non-hydrogen) atoms. The second-order valence-electron chi connectivity index (χ2n) is 11.1. The number of aliphatic hydroxyl groups excluding tert-OH is 2. The highest BCUT2D eigenvalue weighted by molar-refractivity contribution is 6.38. The molecule has 0 unspecified atom stereocenters. The van der Waals surface area contributed by atoms with Gasteiger partial charge in [0.05, 0.1) is 13.2 Å². The Bertz CT molecular complexity index is 1750. The van der Waals surface area contributed by atoms with Crippen LogP contribution in [-0.4, -0.2) is 83.0 Å². The Balaban J connectivity index is 0.000000232. The molecule has 0 fully saturated rings. The van der Waals surface area contributed by atoms with Crippen LogP contribution < -0.4 is 11.1 Å². The van der Waals surface area contributed by atoms with Gasteiger partial charge in [0, 0.05) is 80.7 Å². The van der Waals surface area contributed by atoms with Gasteiger partial charge in [-0.25, -0.2) is 0 Å². The van der Waals surface area contributed by atoms with Crippen LogP contribution in [0.25, 0.3) is 21.5 Å².